The normalized spacial score (nSPS) is 11.0. The van der Waals surface area contributed by atoms with Crippen molar-refractivity contribution in [2.45, 2.75) is 26.4 Å². The number of ether oxygens (including phenoxy) is 1. The van der Waals surface area contributed by atoms with E-state index in [1.807, 2.05) is 86.6 Å². The molecule has 0 saturated heterocycles. The average molecular weight is 401 g/mol. The van der Waals surface area contributed by atoms with E-state index in [-0.39, 0.29) is 25.1 Å². The molecule has 0 radical (unpaired) electrons. The molecule has 4 aromatic rings. The molecule has 0 N–H and O–H groups in total. The first-order valence-corrected chi connectivity index (χ1v) is 9.90. The molecule has 4 rings (SSSR count). The SMILES string of the molecule is CC(C)N(Cc1nc(-c2ccccc2)no1)C(=O)COc1cccc2ccccc12. The Morgan fingerprint density at radius 3 is 2.53 bits per heavy atom. The summed E-state index contributed by atoms with van der Waals surface area (Å²) >= 11 is 0. The largest absolute Gasteiger partial charge is 0.483 e. The first kappa shape index (κ1) is 19.6. The standard InChI is InChI=1S/C24H23N3O3/c1-17(2)27(15-22-25-24(26-30-22)19-10-4-3-5-11-19)23(28)16-29-21-14-8-12-18-9-6-7-13-20(18)21/h3-14,17H,15-16H2,1-2H3. The third-order valence-electron chi connectivity index (χ3n) is 4.85. The van der Waals surface area contributed by atoms with E-state index in [4.69, 9.17) is 9.26 Å². The highest BCUT2D eigenvalue weighted by molar-refractivity contribution is 5.88. The highest BCUT2D eigenvalue weighted by Gasteiger charge is 2.21. The zero-order chi connectivity index (χ0) is 20.9. The maximum Gasteiger partial charge on any atom is 0.261 e. The van der Waals surface area contributed by atoms with Crippen LogP contribution in [0.4, 0.5) is 0 Å². The quantitative estimate of drug-likeness (QED) is 0.449. The Labute approximate surface area is 175 Å². The van der Waals surface area contributed by atoms with Crippen molar-refractivity contribution in [2.24, 2.45) is 0 Å². The van der Waals surface area contributed by atoms with Crippen molar-refractivity contribution in [3.05, 3.63) is 78.7 Å². The van der Waals surface area contributed by atoms with E-state index in [1.165, 1.54) is 0 Å². The molecule has 152 valence electrons. The van der Waals surface area contributed by atoms with E-state index in [1.54, 1.807) is 4.90 Å². The second kappa shape index (κ2) is 8.78. The molecule has 3 aromatic carbocycles. The van der Waals surface area contributed by atoms with Crippen LogP contribution in [0, 0.1) is 0 Å². The number of nitrogens with zero attached hydrogens (tertiary/aromatic N) is 3. The van der Waals surface area contributed by atoms with Crippen molar-refractivity contribution >= 4 is 16.7 Å². The molecule has 30 heavy (non-hydrogen) atoms. The van der Waals surface area contributed by atoms with E-state index in [9.17, 15) is 4.79 Å². The molecule has 0 bridgehead atoms. The summed E-state index contributed by atoms with van der Waals surface area (Å²) in [7, 11) is 0. The second-order valence-electron chi connectivity index (χ2n) is 7.26. The van der Waals surface area contributed by atoms with Gasteiger partial charge in [0.15, 0.2) is 6.61 Å². The zero-order valence-corrected chi connectivity index (χ0v) is 17.0. The number of hydrogen-bond acceptors (Lipinski definition) is 5. The fraction of sp³-hybridized carbons (Fsp3) is 0.208. The number of aromatic nitrogens is 2. The molecule has 0 atom stereocenters. The van der Waals surface area contributed by atoms with Crippen molar-refractivity contribution in [3.63, 3.8) is 0 Å². The highest BCUT2D eigenvalue weighted by atomic mass is 16.5. The summed E-state index contributed by atoms with van der Waals surface area (Å²) in [5.74, 6) is 1.45. The number of fused-ring (bicyclic) bond motifs is 1. The van der Waals surface area contributed by atoms with Gasteiger partial charge in [0, 0.05) is 17.0 Å². The summed E-state index contributed by atoms with van der Waals surface area (Å²) < 4.78 is 11.2. The van der Waals surface area contributed by atoms with Gasteiger partial charge >= 0.3 is 0 Å². The first-order valence-electron chi connectivity index (χ1n) is 9.90. The number of amides is 1. The number of benzene rings is 3. The number of hydrogen-bond donors (Lipinski definition) is 0. The van der Waals surface area contributed by atoms with Crippen molar-refractivity contribution < 1.29 is 14.1 Å². The lowest BCUT2D eigenvalue weighted by atomic mass is 10.1. The third-order valence-corrected chi connectivity index (χ3v) is 4.85. The summed E-state index contributed by atoms with van der Waals surface area (Å²) in [6.07, 6.45) is 0. The zero-order valence-electron chi connectivity index (χ0n) is 17.0. The van der Waals surface area contributed by atoms with Crippen LogP contribution in [-0.2, 0) is 11.3 Å². The molecular weight excluding hydrogens is 378 g/mol. The van der Waals surface area contributed by atoms with Gasteiger partial charge in [0.2, 0.25) is 11.7 Å². The first-order chi connectivity index (χ1) is 14.6. The smallest absolute Gasteiger partial charge is 0.261 e. The Morgan fingerprint density at radius 2 is 1.73 bits per heavy atom. The van der Waals surface area contributed by atoms with Crippen LogP contribution in [-0.4, -0.2) is 33.6 Å². The molecule has 6 nitrogen and oxygen atoms in total. The van der Waals surface area contributed by atoms with Crippen molar-refractivity contribution in [2.75, 3.05) is 6.61 Å². The highest BCUT2D eigenvalue weighted by Crippen LogP contribution is 2.25. The molecule has 1 amide bonds. The fourth-order valence-electron chi connectivity index (χ4n) is 3.27. The van der Waals surface area contributed by atoms with Crippen molar-refractivity contribution in [3.8, 4) is 17.1 Å². The third kappa shape index (κ3) is 4.33. The van der Waals surface area contributed by atoms with Crippen LogP contribution in [0.3, 0.4) is 0 Å². The van der Waals surface area contributed by atoms with Gasteiger partial charge in [0.1, 0.15) is 12.3 Å². The van der Waals surface area contributed by atoms with E-state index in [0.717, 1.165) is 16.3 Å². The van der Waals surface area contributed by atoms with Crippen molar-refractivity contribution in [1.29, 1.82) is 0 Å². The van der Waals surface area contributed by atoms with Gasteiger partial charge in [-0.3, -0.25) is 4.79 Å². The summed E-state index contributed by atoms with van der Waals surface area (Å²) in [5, 5.41) is 6.08. The van der Waals surface area contributed by atoms with Gasteiger partial charge in [-0.05, 0) is 25.3 Å². The second-order valence-corrected chi connectivity index (χ2v) is 7.26. The fourth-order valence-corrected chi connectivity index (χ4v) is 3.27. The van der Waals surface area contributed by atoms with E-state index in [0.29, 0.717) is 17.5 Å². The predicted molar refractivity (Wildman–Crippen MR) is 115 cm³/mol. The van der Waals surface area contributed by atoms with Crippen LogP contribution in [0.1, 0.15) is 19.7 Å². The summed E-state index contributed by atoms with van der Waals surface area (Å²) in [4.78, 5) is 19.0. The molecule has 0 fully saturated rings. The Hall–Kier alpha value is -3.67. The van der Waals surface area contributed by atoms with Gasteiger partial charge < -0.3 is 14.2 Å². The Bertz CT molecular complexity index is 1130. The van der Waals surface area contributed by atoms with Gasteiger partial charge in [-0.15, -0.1) is 0 Å². The molecule has 0 unspecified atom stereocenters. The minimum Gasteiger partial charge on any atom is -0.483 e. The van der Waals surface area contributed by atoms with Crippen molar-refractivity contribution in [1.82, 2.24) is 15.0 Å². The molecule has 0 aliphatic heterocycles. The van der Waals surface area contributed by atoms with Crippen LogP contribution in [0.25, 0.3) is 22.2 Å². The van der Waals surface area contributed by atoms with Crippen LogP contribution in [0.2, 0.25) is 0 Å². The summed E-state index contributed by atoms with van der Waals surface area (Å²) in [6.45, 7) is 4.07. The van der Waals surface area contributed by atoms with E-state index in [2.05, 4.69) is 10.1 Å². The molecule has 0 aliphatic rings. The summed E-state index contributed by atoms with van der Waals surface area (Å²) in [6, 6.07) is 23.3. The average Bonchev–Trinajstić information content (AvgIpc) is 3.25. The van der Waals surface area contributed by atoms with Gasteiger partial charge in [0.25, 0.3) is 5.91 Å². The van der Waals surface area contributed by atoms with Crippen LogP contribution >= 0.6 is 0 Å². The summed E-state index contributed by atoms with van der Waals surface area (Å²) in [5.41, 5.74) is 0.870. The van der Waals surface area contributed by atoms with Gasteiger partial charge in [-0.2, -0.15) is 4.98 Å². The van der Waals surface area contributed by atoms with Crippen LogP contribution in [0.5, 0.6) is 5.75 Å². The lowest BCUT2D eigenvalue weighted by Crippen LogP contribution is -2.39. The Morgan fingerprint density at radius 1 is 1.00 bits per heavy atom. The van der Waals surface area contributed by atoms with Gasteiger partial charge in [-0.1, -0.05) is 71.9 Å². The Balaban J connectivity index is 1.45. The van der Waals surface area contributed by atoms with Gasteiger partial charge in [-0.25, -0.2) is 0 Å². The lowest BCUT2D eigenvalue weighted by molar-refractivity contribution is -0.136. The number of carbonyl (C=O) groups excluding carboxylic acids is 1. The predicted octanol–water partition coefficient (Wildman–Crippen LogP) is 4.71. The molecular formula is C24H23N3O3. The lowest BCUT2D eigenvalue weighted by Gasteiger charge is -2.25. The molecule has 1 aromatic heterocycles. The van der Waals surface area contributed by atoms with Crippen LogP contribution in [0.15, 0.2) is 77.3 Å². The number of carbonyl (C=O) groups is 1. The Kier molecular flexibility index (Phi) is 5.75. The number of rotatable bonds is 7. The minimum absolute atomic E-state index is 0.0410. The molecule has 0 aliphatic carbocycles. The monoisotopic (exact) mass is 401 g/mol. The van der Waals surface area contributed by atoms with Crippen LogP contribution < -0.4 is 4.74 Å². The topological polar surface area (TPSA) is 68.5 Å². The minimum atomic E-state index is -0.141. The molecule has 0 spiro atoms. The molecule has 6 heteroatoms. The van der Waals surface area contributed by atoms with Gasteiger partial charge in [0.05, 0.1) is 0 Å². The molecule has 1 heterocycles. The maximum atomic E-state index is 12.9. The van der Waals surface area contributed by atoms with E-state index < -0.39 is 0 Å². The molecule has 0 saturated carbocycles. The maximum absolute atomic E-state index is 12.9. The van der Waals surface area contributed by atoms with E-state index >= 15 is 0 Å².